The Morgan fingerprint density at radius 3 is 2.18 bits per heavy atom. The van der Waals surface area contributed by atoms with Crippen LogP contribution in [0.3, 0.4) is 0 Å². The molecule has 0 N–H and O–H groups in total. The maximum absolute atomic E-state index is 12.1. The van der Waals surface area contributed by atoms with E-state index in [0.717, 1.165) is 16.7 Å². The molecule has 0 aliphatic heterocycles. The van der Waals surface area contributed by atoms with Crippen LogP contribution in [0.1, 0.15) is 37.5 Å². The third-order valence-electron chi connectivity index (χ3n) is 4.49. The van der Waals surface area contributed by atoms with Gasteiger partial charge >= 0.3 is 5.97 Å². The third-order valence-corrected chi connectivity index (χ3v) is 4.49. The Hall–Kier alpha value is -3.31. The number of hydrogen-bond acceptors (Lipinski definition) is 2. The summed E-state index contributed by atoms with van der Waals surface area (Å²) in [6, 6.07) is 23.7. The first kappa shape index (κ1) is 19.5. The summed E-state index contributed by atoms with van der Waals surface area (Å²) in [6.45, 7) is 8.49. The Morgan fingerprint density at radius 2 is 1.54 bits per heavy atom. The lowest BCUT2D eigenvalue weighted by Gasteiger charge is -2.18. The van der Waals surface area contributed by atoms with Crippen LogP contribution in [0.15, 0.2) is 72.8 Å². The molecule has 0 heterocycles. The molecule has 3 aromatic carbocycles. The van der Waals surface area contributed by atoms with E-state index in [4.69, 9.17) is 4.74 Å². The Kier molecular flexibility index (Phi) is 5.66. The van der Waals surface area contributed by atoms with Crippen molar-refractivity contribution in [3.05, 3.63) is 89.5 Å². The molecule has 3 aromatic rings. The van der Waals surface area contributed by atoms with Crippen molar-refractivity contribution in [3.63, 3.8) is 0 Å². The lowest BCUT2D eigenvalue weighted by molar-refractivity contribution is -0.128. The Labute approximate surface area is 167 Å². The molecular formula is C26H24O2. The van der Waals surface area contributed by atoms with E-state index < -0.39 is 5.97 Å². The monoisotopic (exact) mass is 368 g/mol. The zero-order valence-corrected chi connectivity index (χ0v) is 16.7. The third kappa shape index (κ3) is 5.11. The van der Waals surface area contributed by atoms with Gasteiger partial charge in [-0.25, -0.2) is 4.79 Å². The molecule has 0 amide bonds. The van der Waals surface area contributed by atoms with Gasteiger partial charge in [0, 0.05) is 11.5 Å². The van der Waals surface area contributed by atoms with Gasteiger partial charge < -0.3 is 4.74 Å². The molecule has 3 rings (SSSR count). The van der Waals surface area contributed by atoms with Crippen molar-refractivity contribution in [1.29, 1.82) is 0 Å². The number of aryl methyl sites for hydroxylation is 1. The number of carbonyl (C=O) groups is 1. The molecule has 140 valence electrons. The largest absolute Gasteiger partial charge is 0.417 e. The van der Waals surface area contributed by atoms with E-state index in [1.165, 1.54) is 11.1 Å². The molecule has 0 radical (unpaired) electrons. The Bertz CT molecular complexity index is 1020. The predicted octanol–water partition coefficient (Wildman–Crippen LogP) is 5.92. The van der Waals surface area contributed by atoms with Gasteiger partial charge in [0.2, 0.25) is 0 Å². The summed E-state index contributed by atoms with van der Waals surface area (Å²) < 4.78 is 5.32. The maximum Gasteiger partial charge on any atom is 0.390 e. The molecule has 2 heteroatoms. The number of esters is 1. The standard InChI is InChI=1S/C26H24O2/c1-19-8-11-21(12-9-19)22-7-5-6-20(18-22)10-17-25(27)28-24-15-13-23(14-16-24)26(2,3)4/h5-9,11-16,18H,1-4H3. The van der Waals surface area contributed by atoms with E-state index in [2.05, 4.69) is 63.8 Å². The van der Waals surface area contributed by atoms with Crippen molar-refractivity contribution in [3.8, 4) is 28.7 Å². The van der Waals surface area contributed by atoms with Crippen LogP contribution in [0.5, 0.6) is 5.75 Å². The molecule has 0 aliphatic carbocycles. The molecular weight excluding hydrogens is 344 g/mol. The van der Waals surface area contributed by atoms with Crippen molar-refractivity contribution in [2.24, 2.45) is 0 Å². The highest BCUT2D eigenvalue weighted by atomic mass is 16.5. The Balaban J connectivity index is 1.70. The van der Waals surface area contributed by atoms with Gasteiger partial charge in [0.15, 0.2) is 0 Å². The molecule has 0 saturated heterocycles. The minimum Gasteiger partial charge on any atom is -0.417 e. The van der Waals surface area contributed by atoms with Gasteiger partial charge in [-0.05, 0) is 53.3 Å². The molecule has 0 bridgehead atoms. The highest BCUT2D eigenvalue weighted by Gasteiger charge is 2.13. The second-order valence-electron chi connectivity index (χ2n) is 7.86. The van der Waals surface area contributed by atoms with E-state index in [1.807, 2.05) is 36.4 Å². The molecule has 0 aromatic heterocycles. The molecule has 0 saturated carbocycles. The van der Waals surface area contributed by atoms with Crippen LogP contribution in [0, 0.1) is 18.8 Å². The second-order valence-corrected chi connectivity index (χ2v) is 7.86. The average Bonchev–Trinajstić information content (AvgIpc) is 2.67. The quantitative estimate of drug-likeness (QED) is 0.319. The number of carbonyl (C=O) groups excluding carboxylic acids is 1. The lowest BCUT2D eigenvalue weighted by Crippen LogP contribution is -2.11. The molecule has 0 atom stereocenters. The predicted molar refractivity (Wildman–Crippen MR) is 114 cm³/mol. The van der Waals surface area contributed by atoms with Crippen LogP contribution in [-0.4, -0.2) is 5.97 Å². The van der Waals surface area contributed by atoms with Crippen molar-refractivity contribution >= 4 is 5.97 Å². The van der Waals surface area contributed by atoms with Crippen molar-refractivity contribution in [2.45, 2.75) is 33.1 Å². The van der Waals surface area contributed by atoms with Crippen LogP contribution in [0.25, 0.3) is 11.1 Å². The maximum atomic E-state index is 12.1. The van der Waals surface area contributed by atoms with Gasteiger partial charge in [0.05, 0.1) is 0 Å². The molecule has 0 spiro atoms. The molecule has 0 fully saturated rings. The normalized spacial score (nSPS) is 10.7. The highest BCUT2D eigenvalue weighted by Crippen LogP contribution is 2.24. The summed E-state index contributed by atoms with van der Waals surface area (Å²) in [6.07, 6.45) is 0. The van der Waals surface area contributed by atoms with Crippen LogP contribution in [0.2, 0.25) is 0 Å². The summed E-state index contributed by atoms with van der Waals surface area (Å²) in [5.41, 5.74) is 5.43. The summed E-state index contributed by atoms with van der Waals surface area (Å²) in [5, 5.41) is 0. The first-order valence-corrected chi connectivity index (χ1v) is 9.33. The molecule has 2 nitrogen and oxygen atoms in total. The van der Waals surface area contributed by atoms with E-state index >= 15 is 0 Å². The number of hydrogen-bond donors (Lipinski definition) is 0. The Morgan fingerprint density at radius 1 is 0.857 bits per heavy atom. The van der Waals surface area contributed by atoms with E-state index in [9.17, 15) is 4.79 Å². The first-order valence-electron chi connectivity index (χ1n) is 9.33. The molecule has 28 heavy (non-hydrogen) atoms. The van der Waals surface area contributed by atoms with E-state index in [0.29, 0.717) is 5.75 Å². The minimum atomic E-state index is -0.566. The fraction of sp³-hybridized carbons (Fsp3) is 0.192. The molecule has 0 unspecified atom stereocenters. The zero-order valence-electron chi connectivity index (χ0n) is 16.7. The fourth-order valence-electron chi connectivity index (χ4n) is 2.80. The van der Waals surface area contributed by atoms with E-state index in [-0.39, 0.29) is 5.41 Å². The number of benzene rings is 3. The van der Waals surface area contributed by atoms with Crippen LogP contribution >= 0.6 is 0 Å². The van der Waals surface area contributed by atoms with Crippen LogP contribution in [-0.2, 0) is 10.2 Å². The summed E-state index contributed by atoms with van der Waals surface area (Å²) >= 11 is 0. The SMILES string of the molecule is Cc1ccc(-c2cccc(C#CC(=O)Oc3ccc(C(C)(C)C)cc3)c2)cc1. The minimum absolute atomic E-state index is 0.0603. The number of rotatable bonds is 2. The van der Waals surface area contributed by atoms with Crippen LogP contribution < -0.4 is 4.74 Å². The fourth-order valence-corrected chi connectivity index (χ4v) is 2.80. The average molecular weight is 368 g/mol. The second kappa shape index (κ2) is 8.15. The lowest BCUT2D eigenvalue weighted by atomic mass is 9.87. The van der Waals surface area contributed by atoms with Gasteiger partial charge in [0.1, 0.15) is 5.75 Å². The number of ether oxygens (including phenoxy) is 1. The smallest absolute Gasteiger partial charge is 0.390 e. The van der Waals surface area contributed by atoms with Gasteiger partial charge in [-0.15, -0.1) is 0 Å². The zero-order chi connectivity index (χ0) is 20.1. The van der Waals surface area contributed by atoms with E-state index in [1.54, 1.807) is 12.1 Å². The first-order chi connectivity index (χ1) is 13.3. The highest BCUT2D eigenvalue weighted by molar-refractivity contribution is 5.91. The summed E-state index contributed by atoms with van der Waals surface area (Å²) in [7, 11) is 0. The van der Waals surface area contributed by atoms with Gasteiger partial charge in [-0.1, -0.05) is 80.8 Å². The van der Waals surface area contributed by atoms with Crippen molar-refractivity contribution < 1.29 is 9.53 Å². The van der Waals surface area contributed by atoms with Crippen molar-refractivity contribution in [2.75, 3.05) is 0 Å². The van der Waals surface area contributed by atoms with Gasteiger partial charge in [-0.2, -0.15) is 0 Å². The van der Waals surface area contributed by atoms with Crippen molar-refractivity contribution in [1.82, 2.24) is 0 Å². The van der Waals surface area contributed by atoms with Gasteiger partial charge in [-0.3, -0.25) is 0 Å². The molecule has 0 aliphatic rings. The topological polar surface area (TPSA) is 26.3 Å². The van der Waals surface area contributed by atoms with Crippen LogP contribution in [0.4, 0.5) is 0 Å². The summed E-state index contributed by atoms with van der Waals surface area (Å²) in [4.78, 5) is 12.1. The summed E-state index contributed by atoms with van der Waals surface area (Å²) in [5.74, 6) is 5.40. The van der Waals surface area contributed by atoms with Gasteiger partial charge in [0.25, 0.3) is 0 Å².